The van der Waals surface area contributed by atoms with E-state index in [1.165, 1.54) is 14.1 Å². The Hall–Kier alpha value is -2.99. The molecule has 0 aliphatic carbocycles. The van der Waals surface area contributed by atoms with Gasteiger partial charge < -0.3 is 15.2 Å². The van der Waals surface area contributed by atoms with Gasteiger partial charge in [0.1, 0.15) is 18.1 Å². The number of carboxylic acid groups (broad SMARTS) is 1. The maximum absolute atomic E-state index is 14.4. The number of aromatic nitrogens is 3. The summed E-state index contributed by atoms with van der Waals surface area (Å²) in [4.78, 5) is 46.8. The first-order valence-electron chi connectivity index (χ1n) is 7.54. The van der Waals surface area contributed by atoms with Crippen molar-refractivity contribution in [3.63, 3.8) is 0 Å². The minimum Gasteiger partial charge on any atom is -0.482 e. The highest BCUT2D eigenvalue weighted by Crippen LogP contribution is 2.28. The number of aliphatic carboxylic acids is 1. The Labute approximate surface area is 166 Å². The summed E-state index contributed by atoms with van der Waals surface area (Å²) in [5, 5.41) is 10.4. The molecule has 2 aromatic rings. The number of nitrogens with one attached hydrogen (secondary N) is 1. The van der Waals surface area contributed by atoms with Crippen molar-refractivity contribution >= 4 is 35.7 Å². The van der Waals surface area contributed by atoms with E-state index in [2.05, 4.69) is 5.32 Å². The van der Waals surface area contributed by atoms with Crippen molar-refractivity contribution in [2.24, 2.45) is 14.1 Å². The summed E-state index contributed by atoms with van der Waals surface area (Å²) in [7, 11) is 2.64. The molecule has 0 atom stereocenters. The quantitative estimate of drug-likeness (QED) is 0.614. The zero-order valence-corrected chi connectivity index (χ0v) is 16.1. The number of carbonyl (C=O) groups is 2. The number of carboxylic acids is 1. The van der Waals surface area contributed by atoms with Gasteiger partial charge in [-0.15, -0.1) is 0 Å². The summed E-state index contributed by atoms with van der Waals surface area (Å²) >= 11 is 10.8. The molecule has 0 aliphatic heterocycles. The summed E-state index contributed by atoms with van der Waals surface area (Å²) in [6, 6.07) is 1.79. The lowest BCUT2D eigenvalue weighted by Gasteiger charge is -2.14. The Morgan fingerprint density at radius 1 is 1.25 bits per heavy atom. The standard InChI is InChI=1S/C15H14ClFN4O6S/c1-19-13(25)21(14(26)20(2)15(19)28)9-4-10(7(16)3-8(9)17)27-6-11(22)18-5-12(23)24/h3-4H,5-6H2,1-2H3,(H,18,22)(H,23,24). The molecule has 0 radical (unpaired) electrons. The molecule has 1 aromatic heterocycles. The minimum atomic E-state index is -1.25. The number of benzene rings is 1. The largest absolute Gasteiger partial charge is 0.482 e. The Kier molecular flexibility index (Phi) is 6.36. The van der Waals surface area contributed by atoms with Crippen molar-refractivity contribution in [1.29, 1.82) is 0 Å². The summed E-state index contributed by atoms with van der Waals surface area (Å²) in [6.45, 7) is -1.23. The molecule has 2 N–H and O–H groups in total. The molecule has 0 unspecified atom stereocenters. The molecule has 1 aromatic carbocycles. The van der Waals surface area contributed by atoms with E-state index < -0.39 is 47.9 Å². The topological polar surface area (TPSA) is 125 Å². The van der Waals surface area contributed by atoms with E-state index >= 15 is 0 Å². The van der Waals surface area contributed by atoms with Crippen LogP contribution in [0.15, 0.2) is 21.7 Å². The fourth-order valence-corrected chi connectivity index (χ4v) is 2.51. The van der Waals surface area contributed by atoms with Gasteiger partial charge in [-0.3, -0.25) is 18.7 Å². The van der Waals surface area contributed by atoms with E-state index in [-0.39, 0.29) is 15.5 Å². The molecule has 150 valence electrons. The van der Waals surface area contributed by atoms with E-state index in [9.17, 15) is 23.6 Å². The molecular formula is C15H14ClFN4O6S. The van der Waals surface area contributed by atoms with Gasteiger partial charge >= 0.3 is 17.3 Å². The molecule has 2 rings (SSSR count). The second kappa shape index (κ2) is 8.35. The van der Waals surface area contributed by atoms with Gasteiger partial charge in [0.15, 0.2) is 11.4 Å². The van der Waals surface area contributed by atoms with Crippen LogP contribution in [0.5, 0.6) is 5.75 Å². The Balaban J connectivity index is 2.47. The molecule has 13 heteroatoms. The molecule has 0 bridgehead atoms. The van der Waals surface area contributed by atoms with Gasteiger partial charge in [0.05, 0.1) is 10.7 Å². The van der Waals surface area contributed by atoms with Crippen LogP contribution in [0, 0.1) is 10.6 Å². The molecule has 0 spiro atoms. The number of amides is 1. The lowest BCUT2D eigenvalue weighted by atomic mass is 10.2. The molecule has 0 fully saturated rings. The van der Waals surface area contributed by atoms with Gasteiger partial charge in [-0.05, 0) is 18.3 Å². The van der Waals surface area contributed by atoms with E-state index in [4.69, 9.17) is 33.7 Å². The molecule has 0 aliphatic rings. The highest BCUT2D eigenvalue weighted by molar-refractivity contribution is 7.71. The normalized spacial score (nSPS) is 10.6. The van der Waals surface area contributed by atoms with Gasteiger partial charge in [0, 0.05) is 20.2 Å². The monoisotopic (exact) mass is 432 g/mol. The first-order chi connectivity index (χ1) is 13.0. The van der Waals surface area contributed by atoms with Gasteiger partial charge in [0.25, 0.3) is 5.91 Å². The predicted molar refractivity (Wildman–Crippen MR) is 98.2 cm³/mol. The van der Waals surface area contributed by atoms with Crippen LogP contribution in [-0.4, -0.2) is 43.8 Å². The highest BCUT2D eigenvalue weighted by Gasteiger charge is 2.18. The first kappa shape index (κ1) is 21.3. The molecule has 0 saturated heterocycles. The molecule has 10 nitrogen and oxygen atoms in total. The van der Waals surface area contributed by atoms with Crippen LogP contribution >= 0.6 is 23.8 Å². The van der Waals surface area contributed by atoms with Crippen LogP contribution in [0.1, 0.15) is 0 Å². The second-order valence-corrected chi connectivity index (χ2v) is 6.27. The van der Waals surface area contributed by atoms with Crippen molar-refractivity contribution in [3.8, 4) is 11.4 Å². The van der Waals surface area contributed by atoms with Gasteiger partial charge in [-0.2, -0.15) is 0 Å². The fourth-order valence-electron chi connectivity index (χ4n) is 2.15. The molecule has 28 heavy (non-hydrogen) atoms. The third kappa shape index (κ3) is 4.28. The lowest BCUT2D eigenvalue weighted by Crippen LogP contribution is -2.43. The Morgan fingerprint density at radius 3 is 2.36 bits per heavy atom. The van der Waals surface area contributed by atoms with E-state index in [1.54, 1.807) is 0 Å². The third-order valence-corrected chi connectivity index (χ3v) is 4.41. The van der Waals surface area contributed by atoms with Gasteiger partial charge in [0.2, 0.25) is 0 Å². The van der Waals surface area contributed by atoms with Crippen molar-refractivity contribution in [1.82, 2.24) is 19.0 Å². The van der Waals surface area contributed by atoms with Crippen molar-refractivity contribution in [2.45, 2.75) is 0 Å². The number of nitrogens with zero attached hydrogens (tertiary/aromatic N) is 3. The Morgan fingerprint density at radius 2 is 1.82 bits per heavy atom. The summed E-state index contributed by atoms with van der Waals surface area (Å²) in [6.07, 6.45) is 0. The smallest absolute Gasteiger partial charge is 0.338 e. The predicted octanol–water partition coefficient (Wildman–Crippen LogP) is -0.0237. The van der Waals surface area contributed by atoms with Crippen molar-refractivity contribution < 1.29 is 23.8 Å². The SMILES string of the molecule is Cn1c(=S)n(C)c(=O)n(-c2cc(OCC(=O)NCC(=O)O)c(Cl)cc2F)c1=O. The van der Waals surface area contributed by atoms with Crippen molar-refractivity contribution in [3.05, 3.63) is 48.7 Å². The average Bonchev–Trinajstić information content (AvgIpc) is 2.63. The average molecular weight is 433 g/mol. The van der Waals surface area contributed by atoms with Crippen LogP contribution in [0.4, 0.5) is 4.39 Å². The minimum absolute atomic E-state index is 0.0628. The summed E-state index contributed by atoms with van der Waals surface area (Å²) in [5.74, 6) is -3.19. The molecule has 1 amide bonds. The number of halogens is 2. The van der Waals surface area contributed by atoms with Crippen LogP contribution in [0.2, 0.25) is 5.02 Å². The maximum atomic E-state index is 14.4. The number of carbonyl (C=O) groups excluding carboxylic acids is 1. The third-order valence-electron chi connectivity index (χ3n) is 3.57. The maximum Gasteiger partial charge on any atom is 0.338 e. The van der Waals surface area contributed by atoms with Crippen LogP contribution in [0.3, 0.4) is 0 Å². The van der Waals surface area contributed by atoms with E-state index in [0.29, 0.717) is 4.57 Å². The van der Waals surface area contributed by atoms with Crippen LogP contribution < -0.4 is 21.4 Å². The van der Waals surface area contributed by atoms with Crippen LogP contribution in [0.25, 0.3) is 5.69 Å². The number of hydrogen-bond acceptors (Lipinski definition) is 6. The number of rotatable bonds is 6. The second-order valence-electron chi connectivity index (χ2n) is 5.49. The molecule has 0 saturated carbocycles. The summed E-state index contributed by atoms with van der Waals surface area (Å²) in [5.41, 5.74) is -2.24. The van der Waals surface area contributed by atoms with Gasteiger partial charge in [-0.1, -0.05) is 11.6 Å². The highest BCUT2D eigenvalue weighted by atomic mass is 35.5. The Bertz CT molecular complexity index is 1100. The lowest BCUT2D eigenvalue weighted by molar-refractivity contribution is -0.138. The summed E-state index contributed by atoms with van der Waals surface area (Å²) < 4.78 is 22.0. The first-order valence-corrected chi connectivity index (χ1v) is 8.33. The number of ether oxygens (including phenoxy) is 1. The van der Waals surface area contributed by atoms with Crippen molar-refractivity contribution in [2.75, 3.05) is 13.2 Å². The number of hydrogen-bond donors (Lipinski definition) is 2. The van der Waals surface area contributed by atoms with E-state index in [0.717, 1.165) is 21.3 Å². The van der Waals surface area contributed by atoms with E-state index in [1.807, 2.05) is 0 Å². The molecular weight excluding hydrogens is 419 g/mol. The zero-order chi connectivity index (χ0) is 21.2. The van der Waals surface area contributed by atoms with Gasteiger partial charge in [-0.25, -0.2) is 18.5 Å². The fraction of sp³-hybridized carbons (Fsp3) is 0.267. The zero-order valence-electron chi connectivity index (χ0n) is 14.6. The van der Waals surface area contributed by atoms with Crippen LogP contribution in [-0.2, 0) is 23.7 Å². The molecule has 1 heterocycles.